The first-order valence-electron chi connectivity index (χ1n) is 6.49. The number of pyridine rings is 2. The van der Waals surface area contributed by atoms with Crippen LogP contribution in [0.4, 0.5) is 5.82 Å². The molecule has 0 bridgehead atoms. The van der Waals surface area contributed by atoms with E-state index in [4.69, 9.17) is 18.0 Å². The maximum Gasteiger partial charge on any atom is 0.136 e. The van der Waals surface area contributed by atoms with E-state index in [9.17, 15) is 0 Å². The van der Waals surface area contributed by atoms with Gasteiger partial charge in [-0.25, -0.2) is 4.98 Å². The number of aryl methyl sites for hydroxylation is 2. The number of hydrogen-bond acceptors (Lipinski definition) is 4. The van der Waals surface area contributed by atoms with Crippen LogP contribution in [0.25, 0.3) is 0 Å². The molecule has 0 saturated heterocycles. The van der Waals surface area contributed by atoms with Gasteiger partial charge in [0, 0.05) is 30.6 Å². The molecule has 20 heavy (non-hydrogen) atoms. The summed E-state index contributed by atoms with van der Waals surface area (Å²) in [5.41, 5.74) is 9.65. The zero-order valence-corrected chi connectivity index (χ0v) is 12.5. The van der Waals surface area contributed by atoms with Crippen molar-refractivity contribution in [3.63, 3.8) is 0 Å². The topological polar surface area (TPSA) is 63.8 Å². The van der Waals surface area contributed by atoms with Crippen LogP contribution < -0.4 is 11.1 Å². The molecule has 0 aromatic carbocycles. The van der Waals surface area contributed by atoms with Crippen LogP contribution in [0.15, 0.2) is 30.5 Å². The Morgan fingerprint density at radius 1 is 1.35 bits per heavy atom. The van der Waals surface area contributed by atoms with Crippen molar-refractivity contribution in [3.8, 4) is 0 Å². The number of aromatic nitrogens is 2. The zero-order valence-electron chi connectivity index (χ0n) is 11.7. The van der Waals surface area contributed by atoms with Crippen LogP contribution in [0.2, 0.25) is 0 Å². The lowest BCUT2D eigenvalue weighted by Gasteiger charge is -2.13. The van der Waals surface area contributed by atoms with Crippen molar-refractivity contribution < 1.29 is 0 Å². The molecule has 0 radical (unpaired) electrons. The summed E-state index contributed by atoms with van der Waals surface area (Å²) in [6.45, 7) is 4.69. The first-order valence-corrected chi connectivity index (χ1v) is 6.90. The van der Waals surface area contributed by atoms with Crippen molar-refractivity contribution in [1.29, 1.82) is 0 Å². The van der Waals surface area contributed by atoms with Gasteiger partial charge in [-0.05, 0) is 37.6 Å². The second-order valence-corrected chi connectivity index (χ2v) is 5.11. The van der Waals surface area contributed by atoms with Crippen molar-refractivity contribution in [2.75, 3.05) is 11.9 Å². The van der Waals surface area contributed by atoms with E-state index in [2.05, 4.69) is 15.3 Å². The quantitative estimate of drug-likeness (QED) is 0.826. The minimum atomic E-state index is 0.371. The maximum atomic E-state index is 5.79. The molecule has 0 atom stereocenters. The number of anilines is 1. The van der Waals surface area contributed by atoms with E-state index in [1.807, 2.05) is 38.1 Å². The molecule has 5 heteroatoms. The minimum absolute atomic E-state index is 0.371. The van der Waals surface area contributed by atoms with Crippen LogP contribution in [0.3, 0.4) is 0 Å². The Hall–Kier alpha value is -2.01. The van der Waals surface area contributed by atoms with Gasteiger partial charge in [-0.15, -0.1) is 0 Å². The molecule has 2 aromatic rings. The summed E-state index contributed by atoms with van der Waals surface area (Å²) in [6.07, 6.45) is 2.62. The smallest absolute Gasteiger partial charge is 0.136 e. The van der Waals surface area contributed by atoms with E-state index in [0.717, 1.165) is 41.3 Å². The molecule has 0 aliphatic heterocycles. The van der Waals surface area contributed by atoms with Crippen LogP contribution in [-0.4, -0.2) is 21.5 Å². The molecule has 0 spiro atoms. The first-order chi connectivity index (χ1) is 9.58. The Balaban J connectivity index is 2.11. The van der Waals surface area contributed by atoms with Gasteiger partial charge in [-0.1, -0.05) is 18.3 Å². The summed E-state index contributed by atoms with van der Waals surface area (Å²) in [4.78, 5) is 9.15. The minimum Gasteiger partial charge on any atom is -0.389 e. The van der Waals surface area contributed by atoms with E-state index in [1.165, 1.54) is 0 Å². The molecule has 2 heterocycles. The third kappa shape index (κ3) is 3.51. The average molecular weight is 286 g/mol. The summed E-state index contributed by atoms with van der Waals surface area (Å²) in [5.74, 6) is 0.755. The molecular weight excluding hydrogens is 268 g/mol. The normalized spacial score (nSPS) is 10.3. The molecule has 4 nitrogen and oxygen atoms in total. The van der Waals surface area contributed by atoms with Gasteiger partial charge in [0.25, 0.3) is 0 Å². The predicted octanol–water partition coefficient (Wildman–Crippen LogP) is 2.38. The van der Waals surface area contributed by atoms with E-state index in [-0.39, 0.29) is 0 Å². The lowest BCUT2D eigenvalue weighted by Crippen LogP contribution is -2.18. The highest BCUT2D eigenvalue weighted by Crippen LogP contribution is 2.18. The summed E-state index contributed by atoms with van der Waals surface area (Å²) >= 11 is 5.11. The molecule has 0 fully saturated rings. The van der Waals surface area contributed by atoms with Gasteiger partial charge >= 0.3 is 0 Å². The fraction of sp³-hybridized carbons (Fsp3) is 0.267. The van der Waals surface area contributed by atoms with Crippen molar-refractivity contribution in [3.05, 3.63) is 53.0 Å². The Morgan fingerprint density at radius 2 is 2.15 bits per heavy atom. The average Bonchev–Trinajstić information content (AvgIpc) is 2.38. The lowest BCUT2D eigenvalue weighted by atomic mass is 10.1. The van der Waals surface area contributed by atoms with E-state index < -0.39 is 0 Å². The summed E-state index contributed by atoms with van der Waals surface area (Å²) in [7, 11) is 0. The number of thiocarbonyl (C=S) groups is 1. The van der Waals surface area contributed by atoms with Crippen LogP contribution in [0.5, 0.6) is 0 Å². The van der Waals surface area contributed by atoms with Gasteiger partial charge < -0.3 is 11.1 Å². The fourth-order valence-corrected chi connectivity index (χ4v) is 2.39. The van der Waals surface area contributed by atoms with Gasteiger partial charge in [-0.2, -0.15) is 0 Å². The lowest BCUT2D eigenvalue weighted by molar-refractivity contribution is 0.950. The number of nitrogens with one attached hydrogen (secondary N) is 1. The summed E-state index contributed by atoms with van der Waals surface area (Å²) in [6, 6.07) is 7.88. The van der Waals surface area contributed by atoms with Crippen molar-refractivity contribution in [2.45, 2.75) is 20.3 Å². The second kappa shape index (κ2) is 6.43. The summed E-state index contributed by atoms with van der Waals surface area (Å²) in [5, 5.41) is 3.31. The maximum absolute atomic E-state index is 5.79. The number of nitrogens with zero attached hydrogens (tertiary/aromatic N) is 2. The zero-order chi connectivity index (χ0) is 14.5. The van der Waals surface area contributed by atoms with Crippen molar-refractivity contribution in [2.24, 2.45) is 5.73 Å². The van der Waals surface area contributed by atoms with Gasteiger partial charge in [0.2, 0.25) is 0 Å². The number of hydrogen-bond donors (Lipinski definition) is 2. The van der Waals surface area contributed by atoms with Gasteiger partial charge in [0.1, 0.15) is 10.8 Å². The SMILES string of the molecule is Cc1cc(C)c(C(N)=S)c(NCCc2ccccn2)n1. The Morgan fingerprint density at radius 3 is 2.80 bits per heavy atom. The number of nitrogens with two attached hydrogens (primary N) is 1. The highest BCUT2D eigenvalue weighted by molar-refractivity contribution is 7.80. The Bertz CT molecular complexity index is 611. The van der Waals surface area contributed by atoms with Gasteiger partial charge in [0.15, 0.2) is 0 Å². The Kier molecular flexibility index (Phi) is 4.63. The predicted molar refractivity (Wildman–Crippen MR) is 86.0 cm³/mol. The molecule has 3 N–H and O–H groups in total. The van der Waals surface area contributed by atoms with Crippen molar-refractivity contribution in [1.82, 2.24) is 9.97 Å². The van der Waals surface area contributed by atoms with E-state index >= 15 is 0 Å². The number of rotatable bonds is 5. The third-order valence-electron chi connectivity index (χ3n) is 2.99. The molecule has 0 unspecified atom stereocenters. The highest BCUT2D eigenvalue weighted by atomic mass is 32.1. The van der Waals surface area contributed by atoms with Gasteiger partial charge in [-0.3, -0.25) is 4.98 Å². The molecule has 2 aromatic heterocycles. The third-order valence-corrected chi connectivity index (χ3v) is 3.19. The standard InChI is InChI=1S/C15H18N4S/c1-10-9-11(2)19-15(13(10)14(16)20)18-8-6-12-5-3-4-7-17-12/h3-5,7,9H,6,8H2,1-2H3,(H2,16,20)(H,18,19). The molecule has 104 valence electrons. The second-order valence-electron chi connectivity index (χ2n) is 4.67. The van der Waals surface area contributed by atoms with Crippen LogP contribution in [0, 0.1) is 13.8 Å². The van der Waals surface area contributed by atoms with Crippen LogP contribution in [0.1, 0.15) is 22.5 Å². The monoisotopic (exact) mass is 286 g/mol. The molecule has 0 saturated carbocycles. The Labute approximate surface area is 124 Å². The van der Waals surface area contributed by atoms with Crippen LogP contribution >= 0.6 is 12.2 Å². The van der Waals surface area contributed by atoms with Crippen LogP contribution in [-0.2, 0) is 6.42 Å². The fourth-order valence-electron chi connectivity index (χ4n) is 2.13. The summed E-state index contributed by atoms with van der Waals surface area (Å²) < 4.78 is 0. The first kappa shape index (κ1) is 14.4. The highest BCUT2D eigenvalue weighted by Gasteiger charge is 2.11. The molecule has 2 rings (SSSR count). The van der Waals surface area contributed by atoms with E-state index in [1.54, 1.807) is 6.20 Å². The van der Waals surface area contributed by atoms with E-state index in [0.29, 0.717) is 4.99 Å². The molecular formula is C15H18N4S. The molecule has 0 aliphatic carbocycles. The molecule has 0 aliphatic rings. The van der Waals surface area contributed by atoms with Gasteiger partial charge in [0.05, 0.1) is 5.56 Å². The largest absolute Gasteiger partial charge is 0.389 e. The van der Waals surface area contributed by atoms with Crippen molar-refractivity contribution >= 4 is 23.0 Å². The molecule has 0 amide bonds.